The molecule has 9 heteroatoms. The van der Waals surface area contributed by atoms with Crippen molar-refractivity contribution in [2.45, 2.75) is 24.8 Å². The van der Waals surface area contributed by atoms with Gasteiger partial charge in [0.1, 0.15) is 0 Å². The van der Waals surface area contributed by atoms with Crippen molar-refractivity contribution < 1.29 is 21.6 Å². The molecule has 0 aliphatic rings. The smallest absolute Gasteiger partial charge is 0.251 e. The third-order valence-electron chi connectivity index (χ3n) is 4.46. The summed E-state index contributed by atoms with van der Waals surface area (Å²) < 4.78 is 47.8. The molecule has 0 bridgehead atoms. The summed E-state index contributed by atoms with van der Waals surface area (Å²) in [5, 5.41) is 2.84. The van der Waals surface area contributed by atoms with Gasteiger partial charge in [0.05, 0.1) is 22.9 Å². The van der Waals surface area contributed by atoms with E-state index in [1.807, 2.05) is 0 Å². The normalized spacial score (nSPS) is 13.0. The van der Waals surface area contributed by atoms with Gasteiger partial charge < -0.3 is 5.32 Å². The SMILES string of the molecule is Cc1ccc(C(=O)N[C@@H](C)c2ccc(S(C)(=O)=O)cc2)cc1N(C)S(C)(=O)=O. The minimum atomic E-state index is -3.45. The Kier molecular flexibility index (Phi) is 6.20. The highest BCUT2D eigenvalue weighted by Gasteiger charge is 2.18. The number of carbonyl (C=O) groups excluding carboxylic acids is 1. The van der Waals surface area contributed by atoms with Crippen LogP contribution in [0.15, 0.2) is 47.4 Å². The maximum atomic E-state index is 12.6. The lowest BCUT2D eigenvalue weighted by Crippen LogP contribution is -2.28. The molecule has 1 amide bonds. The summed E-state index contributed by atoms with van der Waals surface area (Å²) in [6.45, 7) is 3.55. The number of nitrogens with zero attached hydrogens (tertiary/aromatic N) is 1. The van der Waals surface area contributed by atoms with Gasteiger partial charge in [-0.05, 0) is 49.2 Å². The summed E-state index contributed by atoms with van der Waals surface area (Å²) in [6, 6.07) is 10.8. The Morgan fingerprint density at radius 2 is 1.57 bits per heavy atom. The molecule has 2 aromatic rings. The van der Waals surface area contributed by atoms with Crippen LogP contribution in [-0.2, 0) is 19.9 Å². The number of aryl methyl sites for hydroxylation is 1. The highest BCUT2D eigenvalue weighted by atomic mass is 32.2. The number of carbonyl (C=O) groups is 1. The second kappa shape index (κ2) is 7.92. The molecule has 152 valence electrons. The molecule has 1 N–H and O–H groups in total. The number of sulfone groups is 1. The van der Waals surface area contributed by atoms with Gasteiger partial charge in [-0.15, -0.1) is 0 Å². The van der Waals surface area contributed by atoms with E-state index >= 15 is 0 Å². The fourth-order valence-electron chi connectivity index (χ4n) is 2.64. The van der Waals surface area contributed by atoms with E-state index in [0.717, 1.165) is 27.9 Å². The lowest BCUT2D eigenvalue weighted by atomic mass is 10.1. The van der Waals surface area contributed by atoms with Crippen LogP contribution in [0, 0.1) is 6.92 Å². The Balaban J connectivity index is 2.23. The second-order valence-electron chi connectivity index (χ2n) is 6.77. The summed E-state index contributed by atoms with van der Waals surface area (Å²) in [5.41, 5.74) is 2.24. The first-order chi connectivity index (χ1) is 12.8. The maximum Gasteiger partial charge on any atom is 0.251 e. The molecule has 1 atom stereocenters. The topological polar surface area (TPSA) is 101 Å². The number of benzene rings is 2. The number of anilines is 1. The molecule has 2 rings (SSSR count). The second-order valence-corrected chi connectivity index (χ2v) is 10.8. The van der Waals surface area contributed by atoms with Crippen molar-refractivity contribution in [3.63, 3.8) is 0 Å². The van der Waals surface area contributed by atoms with E-state index in [1.54, 1.807) is 38.1 Å². The minimum absolute atomic E-state index is 0.210. The molecule has 0 saturated heterocycles. The van der Waals surface area contributed by atoms with Crippen molar-refractivity contribution in [3.05, 3.63) is 59.2 Å². The Morgan fingerprint density at radius 1 is 1.00 bits per heavy atom. The number of sulfonamides is 1. The highest BCUT2D eigenvalue weighted by Crippen LogP contribution is 2.23. The summed E-state index contributed by atoms with van der Waals surface area (Å²) in [4.78, 5) is 12.8. The first kappa shape index (κ1) is 21.9. The summed E-state index contributed by atoms with van der Waals surface area (Å²) >= 11 is 0. The molecule has 28 heavy (non-hydrogen) atoms. The van der Waals surface area contributed by atoms with Gasteiger partial charge in [-0.1, -0.05) is 18.2 Å². The Labute approximate surface area is 166 Å². The molecular weight excluding hydrogens is 400 g/mol. The number of amides is 1. The van der Waals surface area contributed by atoms with E-state index in [9.17, 15) is 21.6 Å². The van der Waals surface area contributed by atoms with E-state index in [1.165, 1.54) is 25.2 Å². The molecule has 0 saturated carbocycles. The maximum absolute atomic E-state index is 12.6. The Hall–Kier alpha value is -2.39. The average Bonchev–Trinajstić information content (AvgIpc) is 2.60. The van der Waals surface area contributed by atoms with Crippen LogP contribution in [-0.4, -0.2) is 42.3 Å². The predicted octanol–water partition coefficient (Wildman–Crippen LogP) is 2.29. The van der Waals surface area contributed by atoms with Gasteiger partial charge >= 0.3 is 0 Å². The van der Waals surface area contributed by atoms with Gasteiger partial charge in [-0.2, -0.15) is 0 Å². The molecule has 0 aromatic heterocycles. The van der Waals surface area contributed by atoms with Crippen molar-refractivity contribution in [2.24, 2.45) is 0 Å². The van der Waals surface area contributed by atoms with Crippen molar-refractivity contribution in [2.75, 3.05) is 23.9 Å². The fourth-order valence-corrected chi connectivity index (χ4v) is 3.82. The minimum Gasteiger partial charge on any atom is -0.346 e. The van der Waals surface area contributed by atoms with Crippen molar-refractivity contribution in [1.29, 1.82) is 0 Å². The van der Waals surface area contributed by atoms with Crippen LogP contribution in [0.25, 0.3) is 0 Å². The monoisotopic (exact) mass is 424 g/mol. The molecule has 0 heterocycles. The van der Waals surface area contributed by atoms with Gasteiger partial charge in [0.15, 0.2) is 9.84 Å². The quantitative estimate of drug-likeness (QED) is 0.767. The first-order valence-corrected chi connectivity index (χ1v) is 12.2. The van der Waals surface area contributed by atoms with Gasteiger partial charge in [0, 0.05) is 18.9 Å². The number of rotatable bonds is 6. The van der Waals surface area contributed by atoms with Crippen LogP contribution in [0.3, 0.4) is 0 Å². The molecule has 2 aromatic carbocycles. The zero-order valence-corrected chi connectivity index (χ0v) is 18.1. The van der Waals surface area contributed by atoms with E-state index in [2.05, 4.69) is 5.32 Å². The molecule has 0 aliphatic carbocycles. The predicted molar refractivity (Wildman–Crippen MR) is 110 cm³/mol. The summed E-state index contributed by atoms with van der Waals surface area (Å²) in [5.74, 6) is -0.358. The molecule has 0 spiro atoms. The largest absolute Gasteiger partial charge is 0.346 e. The third-order valence-corrected chi connectivity index (χ3v) is 6.78. The fraction of sp³-hybridized carbons (Fsp3) is 0.316. The van der Waals surface area contributed by atoms with Crippen LogP contribution in [0.2, 0.25) is 0 Å². The summed E-state index contributed by atoms with van der Waals surface area (Å²) in [6.07, 6.45) is 2.23. The van der Waals surface area contributed by atoms with Crippen molar-refractivity contribution in [1.82, 2.24) is 5.32 Å². The molecule has 0 aliphatic heterocycles. The van der Waals surface area contributed by atoms with Crippen LogP contribution in [0.5, 0.6) is 0 Å². The first-order valence-electron chi connectivity index (χ1n) is 8.46. The Bertz CT molecular complexity index is 1090. The Morgan fingerprint density at radius 3 is 2.07 bits per heavy atom. The van der Waals surface area contributed by atoms with Gasteiger partial charge in [-0.25, -0.2) is 16.8 Å². The molecule has 0 unspecified atom stereocenters. The van der Waals surface area contributed by atoms with E-state index in [0.29, 0.717) is 11.3 Å². The lowest BCUT2D eigenvalue weighted by molar-refractivity contribution is 0.0940. The molecule has 7 nitrogen and oxygen atoms in total. The van der Waals surface area contributed by atoms with Gasteiger partial charge in [-0.3, -0.25) is 9.10 Å². The molecule has 0 radical (unpaired) electrons. The van der Waals surface area contributed by atoms with Gasteiger partial charge in [0.2, 0.25) is 10.0 Å². The van der Waals surface area contributed by atoms with Crippen LogP contribution in [0.1, 0.15) is 34.5 Å². The van der Waals surface area contributed by atoms with Crippen LogP contribution < -0.4 is 9.62 Å². The molecular formula is C19H24N2O5S2. The molecule has 0 fully saturated rings. The zero-order valence-electron chi connectivity index (χ0n) is 16.4. The third kappa shape index (κ3) is 5.11. The highest BCUT2D eigenvalue weighted by molar-refractivity contribution is 7.92. The van der Waals surface area contributed by atoms with E-state index in [-0.39, 0.29) is 16.8 Å². The standard InChI is InChI=1S/C19H24N2O5S2/c1-13-6-7-16(12-18(13)21(3)28(5,25)26)19(22)20-14(2)15-8-10-17(11-9-15)27(4,23)24/h6-12,14H,1-5H3,(H,20,22)/t14-/m0/s1. The zero-order chi connectivity index (χ0) is 21.3. The van der Waals surface area contributed by atoms with E-state index < -0.39 is 19.9 Å². The van der Waals surface area contributed by atoms with Crippen LogP contribution >= 0.6 is 0 Å². The number of hydrogen-bond acceptors (Lipinski definition) is 5. The van der Waals surface area contributed by atoms with Gasteiger partial charge in [0.25, 0.3) is 5.91 Å². The summed E-state index contributed by atoms with van der Waals surface area (Å²) in [7, 11) is -5.30. The number of hydrogen-bond donors (Lipinski definition) is 1. The average molecular weight is 425 g/mol. The van der Waals surface area contributed by atoms with Crippen molar-refractivity contribution in [3.8, 4) is 0 Å². The number of nitrogens with one attached hydrogen (secondary N) is 1. The van der Waals surface area contributed by atoms with Crippen LogP contribution in [0.4, 0.5) is 5.69 Å². The lowest BCUT2D eigenvalue weighted by Gasteiger charge is -2.20. The van der Waals surface area contributed by atoms with E-state index in [4.69, 9.17) is 0 Å². The van der Waals surface area contributed by atoms with Crippen molar-refractivity contribution >= 4 is 31.5 Å².